The number of rotatable bonds is 7. The van der Waals surface area contributed by atoms with E-state index in [0.29, 0.717) is 19.0 Å². The largest absolute Gasteiger partial charge is 0.497 e. The molecular weight excluding hydrogens is 320 g/mol. The van der Waals surface area contributed by atoms with Crippen LogP contribution in [-0.4, -0.2) is 43.9 Å². The second-order valence-electron chi connectivity index (χ2n) is 6.00. The number of aromatic nitrogens is 1. The quantitative estimate of drug-likeness (QED) is 0.831. The van der Waals surface area contributed by atoms with Crippen molar-refractivity contribution in [2.45, 2.75) is 12.5 Å². The molecule has 1 saturated heterocycles. The highest BCUT2D eigenvalue weighted by Gasteiger charge is 2.29. The molecule has 25 heavy (non-hydrogen) atoms. The molecule has 132 valence electrons. The van der Waals surface area contributed by atoms with Crippen LogP contribution in [0.25, 0.3) is 0 Å². The van der Waals surface area contributed by atoms with Crippen molar-refractivity contribution in [3.63, 3.8) is 0 Å². The number of ether oxygens (including phenoxy) is 3. The summed E-state index contributed by atoms with van der Waals surface area (Å²) in [5.74, 6) is 1.49. The van der Waals surface area contributed by atoms with Crippen LogP contribution in [0, 0.1) is 5.92 Å². The predicted octanol–water partition coefficient (Wildman–Crippen LogP) is 1.84. The van der Waals surface area contributed by atoms with Crippen LogP contribution < -0.4 is 14.8 Å². The molecule has 1 N–H and O–H groups in total. The molecule has 6 heteroatoms. The first-order valence-electron chi connectivity index (χ1n) is 8.27. The Morgan fingerprint density at radius 1 is 1.16 bits per heavy atom. The molecule has 6 nitrogen and oxygen atoms in total. The van der Waals surface area contributed by atoms with E-state index in [2.05, 4.69) is 10.3 Å². The standard InChI is InChI=1S/C19H22N2O4/c1-23-16-2-4-17(5-3-16)25-13-19(22)21-18-12-24-11-15(18)10-14-6-8-20-9-7-14/h2-9,15,18H,10-13H2,1H3,(H,21,22)/t15-,18+/m1/s1. The summed E-state index contributed by atoms with van der Waals surface area (Å²) in [6.07, 6.45) is 4.41. The van der Waals surface area contributed by atoms with Gasteiger partial charge in [-0.05, 0) is 48.4 Å². The maximum absolute atomic E-state index is 12.2. The van der Waals surface area contributed by atoms with Crippen LogP contribution in [0.15, 0.2) is 48.8 Å². The Balaban J connectivity index is 1.47. The molecule has 1 fully saturated rings. The van der Waals surface area contributed by atoms with Crippen molar-refractivity contribution in [3.05, 3.63) is 54.4 Å². The number of nitrogens with one attached hydrogen (secondary N) is 1. The number of amides is 1. The lowest BCUT2D eigenvalue weighted by molar-refractivity contribution is -0.124. The Bertz CT molecular complexity index is 676. The van der Waals surface area contributed by atoms with Crippen LogP contribution in [0.3, 0.4) is 0 Å². The Labute approximate surface area is 147 Å². The number of hydrogen-bond donors (Lipinski definition) is 1. The highest BCUT2D eigenvalue weighted by molar-refractivity contribution is 5.78. The van der Waals surface area contributed by atoms with Crippen molar-refractivity contribution >= 4 is 5.91 Å². The van der Waals surface area contributed by atoms with Gasteiger partial charge in [0.1, 0.15) is 11.5 Å². The number of carbonyl (C=O) groups excluding carboxylic acids is 1. The van der Waals surface area contributed by atoms with E-state index in [4.69, 9.17) is 14.2 Å². The third-order valence-electron chi connectivity index (χ3n) is 4.22. The van der Waals surface area contributed by atoms with E-state index < -0.39 is 0 Å². The number of carbonyl (C=O) groups is 1. The topological polar surface area (TPSA) is 69.7 Å². The number of methoxy groups -OCH3 is 1. The van der Waals surface area contributed by atoms with Crippen molar-refractivity contribution in [3.8, 4) is 11.5 Å². The van der Waals surface area contributed by atoms with Gasteiger partial charge < -0.3 is 19.5 Å². The van der Waals surface area contributed by atoms with Gasteiger partial charge in [0.25, 0.3) is 5.91 Å². The van der Waals surface area contributed by atoms with E-state index in [1.807, 2.05) is 12.1 Å². The van der Waals surface area contributed by atoms with E-state index in [1.165, 1.54) is 5.56 Å². The lowest BCUT2D eigenvalue weighted by Crippen LogP contribution is -2.42. The molecule has 3 rings (SSSR count). The molecule has 0 radical (unpaired) electrons. The minimum Gasteiger partial charge on any atom is -0.497 e. The van der Waals surface area contributed by atoms with Crippen molar-refractivity contribution in [2.24, 2.45) is 5.92 Å². The van der Waals surface area contributed by atoms with Crippen LogP contribution in [0.1, 0.15) is 5.56 Å². The summed E-state index contributed by atoms with van der Waals surface area (Å²) in [6.45, 7) is 1.15. The van der Waals surface area contributed by atoms with E-state index in [0.717, 1.165) is 12.2 Å². The molecule has 0 spiro atoms. The minimum atomic E-state index is -0.147. The molecule has 1 aromatic carbocycles. The molecule has 1 aliphatic heterocycles. The Morgan fingerprint density at radius 2 is 1.88 bits per heavy atom. The molecule has 0 saturated carbocycles. The first kappa shape index (κ1) is 17.2. The summed E-state index contributed by atoms with van der Waals surface area (Å²) in [5.41, 5.74) is 1.19. The summed E-state index contributed by atoms with van der Waals surface area (Å²) < 4.78 is 16.2. The highest BCUT2D eigenvalue weighted by atomic mass is 16.5. The van der Waals surface area contributed by atoms with E-state index in [-0.39, 0.29) is 24.5 Å². The fourth-order valence-corrected chi connectivity index (χ4v) is 2.85. The van der Waals surface area contributed by atoms with Gasteiger partial charge in [-0.3, -0.25) is 9.78 Å². The van der Waals surface area contributed by atoms with Gasteiger partial charge in [0, 0.05) is 18.3 Å². The Kier molecular flexibility index (Phi) is 5.85. The predicted molar refractivity (Wildman–Crippen MR) is 92.7 cm³/mol. The normalized spacial score (nSPS) is 19.4. The molecule has 2 aromatic rings. The zero-order valence-corrected chi connectivity index (χ0v) is 14.2. The molecule has 1 amide bonds. The molecule has 1 aliphatic rings. The minimum absolute atomic E-state index is 0.000123. The number of hydrogen-bond acceptors (Lipinski definition) is 5. The van der Waals surface area contributed by atoms with Gasteiger partial charge in [0.15, 0.2) is 6.61 Å². The van der Waals surface area contributed by atoms with Gasteiger partial charge >= 0.3 is 0 Å². The second-order valence-corrected chi connectivity index (χ2v) is 6.00. The van der Waals surface area contributed by atoms with E-state index >= 15 is 0 Å². The molecule has 0 bridgehead atoms. The first-order valence-corrected chi connectivity index (χ1v) is 8.27. The zero-order valence-electron chi connectivity index (χ0n) is 14.2. The molecular formula is C19H22N2O4. The molecule has 1 aromatic heterocycles. The summed E-state index contributed by atoms with van der Waals surface area (Å²) in [4.78, 5) is 16.2. The Morgan fingerprint density at radius 3 is 2.60 bits per heavy atom. The first-order chi connectivity index (χ1) is 12.2. The van der Waals surface area contributed by atoms with Crippen LogP contribution >= 0.6 is 0 Å². The van der Waals surface area contributed by atoms with Crippen LogP contribution in [-0.2, 0) is 16.0 Å². The maximum atomic E-state index is 12.2. The Hall–Kier alpha value is -2.60. The third-order valence-corrected chi connectivity index (χ3v) is 4.22. The molecule has 0 unspecified atom stereocenters. The highest BCUT2D eigenvalue weighted by Crippen LogP contribution is 2.19. The maximum Gasteiger partial charge on any atom is 0.258 e. The van der Waals surface area contributed by atoms with Crippen LogP contribution in [0.5, 0.6) is 11.5 Å². The monoisotopic (exact) mass is 342 g/mol. The average molecular weight is 342 g/mol. The van der Waals surface area contributed by atoms with Crippen molar-refractivity contribution in [1.82, 2.24) is 10.3 Å². The van der Waals surface area contributed by atoms with Gasteiger partial charge in [-0.15, -0.1) is 0 Å². The van der Waals surface area contributed by atoms with Crippen LogP contribution in [0.2, 0.25) is 0 Å². The molecule has 0 aliphatic carbocycles. The fourth-order valence-electron chi connectivity index (χ4n) is 2.85. The second kappa shape index (κ2) is 8.48. The number of pyridine rings is 1. The van der Waals surface area contributed by atoms with E-state index in [1.54, 1.807) is 43.8 Å². The average Bonchev–Trinajstić information content (AvgIpc) is 3.08. The third kappa shape index (κ3) is 4.93. The summed E-state index contributed by atoms with van der Waals surface area (Å²) in [6, 6.07) is 11.1. The van der Waals surface area contributed by atoms with Crippen molar-refractivity contribution in [2.75, 3.05) is 26.9 Å². The van der Waals surface area contributed by atoms with Gasteiger partial charge in [0.2, 0.25) is 0 Å². The summed E-state index contributed by atoms with van der Waals surface area (Å²) in [7, 11) is 1.61. The van der Waals surface area contributed by atoms with Gasteiger partial charge in [-0.25, -0.2) is 0 Å². The molecule has 2 atom stereocenters. The SMILES string of the molecule is COc1ccc(OCC(=O)N[C@H]2COC[C@H]2Cc2ccncc2)cc1. The summed E-state index contributed by atoms with van der Waals surface area (Å²) in [5, 5.41) is 3.01. The lowest BCUT2D eigenvalue weighted by Gasteiger charge is -2.19. The lowest BCUT2D eigenvalue weighted by atomic mass is 9.95. The fraction of sp³-hybridized carbons (Fsp3) is 0.368. The van der Waals surface area contributed by atoms with Gasteiger partial charge in [0.05, 0.1) is 26.4 Å². The zero-order chi connectivity index (χ0) is 17.5. The van der Waals surface area contributed by atoms with Crippen molar-refractivity contribution in [1.29, 1.82) is 0 Å². The number of nitrogens with zero attached hydrogens (tertiary/aromatic N) is 1. The van der Waals surface area contributed by atoms with E-state index in [9.17, 15) is 4.79 Å². The van der Waals surface area contributed by atoms with Gasteiger partial charge in [-0.1, -0.05) is 0 Å². The molecule has 2 heterocycles. The van der Waals surface area contributed by atoms with Crippen molar-refractivity contribution < 1.29 is 19.0 Å². The van der Waals surface area contributed by atoms with Gasteiger partial charge in [-0.2, -0.15) is 0 Å². The smallest absolute Gasteiger partial charge is 0.258 e. The number of benzene rings is 1. The summed E-state index contributed by atoms with van der Waals surface area (Å²) >= 11 is 0. The van der Waals surface area contributed by atoms with Crippen LogP contribution in [0.4, 0.5) is 0 Å².